The monoisotopic (exact) mass is 364 g/mol. The average Bonchev–Trinajstić information content (AvgIpc) is 2.61. The summed E-state index contributed by atoms with van der Waals surface area (Å²) in [6.07, 6.45) is -1.50. The first-order valence-corrected chi connectivity index (χ1v) is 7.39. The summed E-state index contributed by atoms with van der Waals surface area (Å²) in [5.41, 5.74) is 0.253. The van der Waals surface area contributed by atoms with Crippen LogP contribution in [0.3, 0.4) is 0 Å². The molecule has 0 fully saturated rings. The zero-order valence-corrected chi connectivity index (χ0v) is 13.5. The molecule has 0 saturated carbocycles. The molecule has 0 aromatic heterocycles. The quantitative estimate of drug-likeness (QED) is 0.461. The Bertz CT molecular complexity index is 796. The Morgan fingerprint density at radius 3 is 2.52 bits per heavy atom. The second-order valence-corrected chi connectivity index (χ2v) is 5.30. The second kappa shape index (κ2) is 8.22. The van der Waals surface area contributed by atoms with E-state index < -0.39 is 29.5 Å². The van der Waals surface area contributed by atoms with Gasteiger partial charge in [0, 0.05) is 12.1 Å². The maximum absolute atomic E-state index is 11.8. The number of aliphatic hydroxyl groups excluding tert-OH is 1. The van der Waals surface area contributed by atoms with Gasteiger partial charge in [0.2, 0.25) is 0 Å². The smallest absolute Gasteiger partial charge is 0.340 e. The van der Waals surface area contributed by atoms with Gasteiger partial charge < -0.3 is 15.2 Å². The fourth-order valence-electron chi connectivity index (χ4n) is 1.89. The van der Waals surface area contributed by atoms with Crippen molar-refractivity contribution in [1.82, 2.24) is 0 Å². The number of carbonyl (C=O) groups excluding carboxylic acids is 2. The van der Waals surface area contributed by atoms with E-state index in [1.165, 1.54) is 12.1 Å². The lowest BCUT2D eigenvalue weighted by atomic mass is 10.1. The van der Waals surface area contributed by atoms with E-state index >= 15 is 0 Å². The average molecular weight is 365 g/mol. The standard InChI is InChI=1S/C16H13ClN2O6/c17-12-8-11(19(23)24)6-7-13(12)18-14(20)9-25-16(22)15(21)10-4-2-1-3-5-10/h1-8,15,21H,9H2,(H,18,20)/t15-/m0/s1. The minimum atomic E-state index is -1.50. The van der Waals surface area contributed by atoms with E-state index in [2.05, 4.69) is 5.32 Å². The number of anilines is 1. The number of esters is 1. The van der Waals surface area contributed by atoms with Crippen LogP contribution in [-0.2, 0) is 14.3 Å². The number of aliphatic hydroxyl groups is 1. The van der Waals surface area contributed by atoms with Gasteiger partial charge in [0.25, 0.3) is 11.6 Å². The zero-order chi connectivity index (χ0) is 18.4. The summed E-state index contributed by atoms with van der Waals surface area (Å²) in [5, 5.41) is 22.8. The molecule has 2 N–H and O–H groups in total. The molecule has 0 aliphatic heterocycles. The molecule has 9 heteroatoms. The van der Waals surface area contributed by atoms with Crippen molar-refractivity contribution in [3.8, 4) is 0 Å². The molecule has 0 saturated heterocycles. The van der Waals surface area contributed by atoms with Gasteiger partial charge >= 0.3 is 5.97 Å². The first-order valence-electron chi connectivity index (χ1n) is 7.02. The van der Waals surface area contributed by atoms with Crippen LogP contribution in [0.15, 0.2) is 48.5 Å². The van der Waals surface area contributed by atoms with Crippen molar-refractivity contribution in [2.45, 2.75) is 6.10 Å². The second-order valence-electron chi connectivity index (χ2n) is 4.89. The summed E-state index contributed by atoms with van der Waals surface area (Å²) in [4.78, 5) is 33.5. The van der Waals surface area contributed by atoms with Crippen LogP contribution in [0.4, 0.5) is 11.4 Å². The van der Waals surface area contributed by atoms with E-state index in [1.807, 2.05) is 0 Å². The summed E-state index contributed by atoms with van der Waals surface area (Å²) in [6.45, 7) is -0.643. The van der Waals surface area contributed by atoms with Crippen LogP contribution >= 0.6 is 11.6 Å². The molecule has 0 spiro atoms. The normalized spacial score (nSPS) is 11.4. The molecular formula is C16H13ClN2O6. The van der Waals surface area contributed by atoms with Crippen LogP contribution in [0.1, 0.15) is 11.7 Å². The predicted octanol–water partition coefficient (Wildman–Crippen LogP) is 2.46. The first-order chi connectivity index (χ1) is 11.9. The molecule has 130 valence electrons. The van der Waals surface area contributed by atoms with Gasteiger partial charge in [-0.3, -0.25) is 14.9 Å². The summed E-state index contributed by atoms with van der Waals surface area (Å²) < 4.78 is 4.74. The summed E-state index contributed by atoms with van der Waals surface area (Å²) in [7, 11) is 0. The Morgan fingerprint density at radius 1 is 1.24 bits per heavy atom. The van der Waals surface area contributed by atoms with E-state index in [0.717, 1.165) is 6.07 Å². The summed E-state index contributed by atoms with van der Waals surface area (Å²) >= 11 is 5.84. The number of nitrogens with zero attached hydrogens (tertiary/aromatic N) is 1. The lowest BCUT2D eigenvalue weighted by Gasteiger charge is -2.11. The lowest BCUT2D eigenvalue weighted by Crippen LogP contribution is -2.24. The highest BCUT2D eigenvalue weighted by molar-refractivity contribution is 6.34. The van der Waals surface area contributed by atoms with Crippen molar-refractivity contribution in [1.29, 1.82) is 0 Å². The number of carbonyl (C=O) groups is 2. The Hall–Kier alpha value is -2.97. The SMILES string of the molecule is O=C(COC(=O)[C@@H](O)c1ccccc1)Nc1ccc([N+](=O)[O-])cc1Cl. The molecule has 2 aromatic carbocycles. The number of hydrogen-bond donors (Lipinski definition) is 2. The van der Waals surface area contributed by atoms with E-state index in [-0.39, 0.29) is 16.4 Å². The van der Waals surface area contributed by atoms with Gasteiger partial charge in [-0.2, -0.15) is 0 Å². The molecule has 0 radical (unpaired) electrons. The highest BCUT2D eigenvalue weighted by Gasteiger charge is 2.20. The van der Waals surface area contributed by atoms with Crippen molar-refractivity contribution in [3.05, 3.63) is 69.2 Å². The van der Waals surface area contributed by atoms with Gasteiger partial charge in [0.1, 0.15) is 0 Å². The van der Waals surface area contributed by atoms with Crippen LogP contribution in [0.5, 0.6) is 0 Å². The number of ether oxygens (including phenoxy) is 1. The molecule has 0 aliphatic carbocycles. The van der Waals surface area contributed by atoms with Gasteiger partial charge in [-0.1, -0.05) is 41.9 Å². The van der Waals surface area contributed by atoms with Crippen LogP contribution < -0.4 is 5.32 Å². The third-order valence-electron chi connectivity index (χ3n) is 3.12. The Balaban J connectivity index is 1.90. The Kier molecular flexibility index (Phi) is 6.04. The molecule has 2 rings (SSSR count). The predicted molar refractivity (Wildman–Crippen MR) is 89.1 cm³/mol. The minimum Gasteiger partial charge on any atom is -0.453 e. The fraction of sp³-hybridized carbons (Fsp3) is 0.125. The molecule has 1 atom stereocenters. The number of amides is 1. The fourth-order valence-corrected chi connectivity index (χ4v) is 2.11. The number of halogens is 1. The molecular weight excluding hydrogens is 352 g/mol. The van der Waals surface area contributed by atoms with Gasteiger partial charge in [-0.25, -0.2) is 4.79 Å². The summed E-state index contributed by atoms with van der Waals surface area (Å²) in [5.74, 6) is -1.68. The van der Waals surface area contributed by atoms with Crippen LogP contribution in [0.25, 0.3) is 0 Å². The molecule has 2 aromatic rings. The zero-order valence-electron chi connectivity index (χ0n) is 12.7. The maximum atomic E-state index is 11.8. The number of benzene rings is 2. The Morgan fingerprint density at radius 2 is 1.92 bits per heavy atom. The minimum absolute atomic E-state index is 0.0294. The number of nitro benzene ring substituents is 1. The third kappa shape index (κ3) is 5.00. The highest BCUT2D eigenvalue weighted by atomic mass is 35.5. The van der Waals surface area contributed by atoms with E-state index in [9.17, 15) is 24.8 Å². The van der Waals surface area contributed by atoms with E-state index in [0.29, 0.717) is 5.56 Å². The maximum Gasteiger partial charge on any atom is 0.340 e. The van der Waals surface area contributed by atoms with E-state index in [1.54, 1.807) is 30.3 Å². The number of nitrogens with one attached hydrogen (secondary N) is 1. The number of non-ortho nitro benzene ring substituents is 1. The number of nitro groups is 1. The summed E-state index contributed by atoms with van der Waals surface area (Å²) in [6, 6.07) is 11.6. The van der Waals surface area contributed by atoms with Crippen LogP contribution in [0, 0.1) is 10.1 Å². The molecule has 0 bridgehead atoms. The van der Waals surface area contributed by atoms with Gasteiger partial charge in [0.15, 0.2) is 12.7 Å². The van der Waals surface area contributed by atoms with Gasteiger partial charge in [-0.15, -0.1) is 0 Å². The lowest BCUT2D eigenvalue weighted by molar-refractivity contribution is -0.384. The molecule has 8 nitrogen and oxygen atoms in total. The third-order valence-corrected chi connectivity index (χ3v) is 3.43. The molecule has 25 heavy (non-hydrogen) atoms. The van der Waals surface area contributed by atoms with Gasteiger partial charge in [-0.05, 0) is 11.6 Å². The van der Waals surface area contributed by atoms with Crippen molar-refractivity contribution in [2.75, 3.05) is 11.9 Å². The van der Waals surface area contributed by atoms with Crippen molar-refractivity contribution in [2.24, 2.45) is 0 Å². The number of rotatable bonds is 6. The van der Waals surface area contributed by atoms with Crippen LogP contribution in [-0.4, -0.2) is 28.5 Å². The Labute approximate surface area is 147 Å². The molecule has 0 aliphatic rings. The van der Waals surface area contributed by atoms with Crippen molar-refractivity contribution in [3.63, 3.8) is 0 Å². The van der Waals surface area contributed by atoms with Gasteiger partial charge in [0.05, 0.1) is 15.6 Å². The molecule has 1 amide bonds. The largest absolute Gasteiger partial charge is 0.453 e. The molecule has 0 unspecified atom stereocenters. The topological polar surface area (TPSA) is 119 Å². The molecule has 0 heterocycles. The number of hydrogen-bond acceptors (Lipinski definition) is 6. The van der Waals surface area contributed by atoms with Crippen molar-refractivity contribution >= 4 is 34.9 Å². The first kappa shape index (κ1) is 18.4. The van der Waals surface area contributed by atoms with Crippen molar-refractivity contribution < 1.29 is 24.4 Å². The van der Waals surface area contributed by atoms with E-state index in [4.69, 9.17) is 16.3 Å². The van der Waals surface area contributed by atoms with Crippen LogP contribution in [0.2, 0.25) is 5.02 Å². The highest BCUT2D eigenvalue weighted by Crippen LogP contribution is 2.26.